The lowest BCUT2D eigenvalue weighted by Gasteiger charge is -2.26. The highest BCUT2D eigenvalue weighted by molar-refractivity contribution is 5.84. The van der Waals surface area contributed by atoms with Gasteiger partial charge >= 0.3 is 5.97 Å². The van der Waals surface area contributed by atoms with E-state index in [2.05, 4.69) is 10.3 Å². The Morgan fingerprint density at radius 2 is 2.10 bits per heavy atom. The number of aromatic nitrogens is 1. The number of carboxylic acids is 1. The van der Waals surface area contributed by atoms with Crippen LogP contribution in [0.3, 0.4) is 0 Å². The molecule has 1 atom stereocenters. The average Bonchev–Trinajstić information content (AvgIpc) is 2.45. The van der Waals surface area contributed by atoms with Crippen molar-refractivity contribution in [3.05, 3.63) is 42.2 Å². The van der Waals surface area contributed by atoms with Gasteiger partial charge in [-0.1, -0.05) is 37.6 Å². The van der Waals surface area contributed by atoms with Crippen LogP contribution >= 0.6 is 0 Å². The van der Waals surface area contributed by atoms with Crippen LogP contribution in [0, 0.1) is 0 Å². The van der Waals surface area contributed by atoms with Crippen molar-refractivity contribution < 1.29 is 9.90 Å². The predicted molar refractivity (Wildman–Crippen MR) is 79.5 cm³/mol. The van der Waals surface area contributed by atoms with E-state index in [1.54, 1.807) is 13.1 Å². The quantitative estimate of drug-likeness (QED) is 0.848. The summed E-state index contributed by atoms with van der Waals surface area (Å²) in [7, 11) is 0. The average molecular weight is 272 g/mol. The van der Waals surface area contributed by atoms with Crippen LogP contribution in [-0.4, -0.2) is 21.6 Å². The Hall–Kier alpha value is -1.94. The van der Waals surface area contributed by atoms with E-state index in [4.69, 9.17) is 0 Å². The van der Waals surface area contributed by atoms with Gasteiger partial charge in [-0.25, -0.2) is 0 Å². The molecule has 0 fully saturated rings. The van der Waals surface area contributed by atoms with Crippen LogP contribution in [0.15, 0.2) is 36.7 Å². The van der Waals surface area contributed by atoms with E-state index in [1.165, 1.54) is 0 Å². The molecule has 1 unspecified atom stereocenters. The summed E-state index contributed by atoms with van der Waals surface area (Å²) >= 11 is 0. The molecule has 0 spiro atoms. The van der Waals surface area contributed by atoms with Gasteiger partial charge in [-0.2, -0.15) is 0 Å². The molecule has 0 saturated carbocycles. The number of nitrogens with one attached hydrogen (secondary N) is 1. The number of hydrogen-bond acceptors (Lipinski definition) is 3. The van der Waals surface area contributed by atoms with Crippen molar-refractivity contribution in [2.24, 2.45) is 0 Å². The van der Waals surface area contributed by atoms with E-state index >= 15 is 0 Å². The SMILES string of the molecule is CCCC(C)(NCc1cncc2ccccc12)C(=O)O. The molecule has 0 aliphatic heterocycles. The fourth-order valence-corrected chi connectivity index (χ4v) is 2.38. The van der Waals surface area contributed by atoms with Crippen molar-refractivity contribution in [1.29, 1.82) is 0 Å². The third-order valence-electron chi connectivity index (χ3n) is 3.64. The molecule has 1 aromatic heterocycles. The maximum atomic E-state index is 11.4. The van der Waals surface area contributed by atoms with Crippen LogP contribution < -0.4 is 5.32 Å². The second-order valence-corrected chi connectivity index (χ2v) is 5.26. The first-order chi connectivity index (χ1) is 9.57. The van der Waals surface area contributed by atoms with Crippen molar-refractivity contribution in [2.75, 3.05) is 0 Å². The maximum Gasteiger partial charge on any atom is 0.323 e. The third kappa shape index (κ3) is 2.96. The molecule has 0 radical (unpaired) electrons. The molecule has 0 amide bonds. The molecular weight excluding hydrogens is 252 g/mol. The zero-order valence-corrected chi connectivity index (χ0v) is 11.9. The first kappa shape index (κ1) is 14.5. The summed E-state index contributed by atoms with van der Waals surface area (Å²) in [6, 6.07) is 7.99. The largest absolute Gasteiger partial charge is 0.480 e. The number of nitrogens with zero attached hydrogens (tertiary/aromatic N) is 1. The lowest BCUT2D eigenvalue weighted by Crippen LogP contribution is -2.48. The first-order valence-electron chi connectivity index (χ1n) is 6.87. The van der Waals surface area contributed by atoms with Crippen molar-refractivity contribution in [1.82, 2.24) is 10.3 Å². The van der Waals surface area contributed by atoms with E-state index < -0.39 is 11.5 Å². The maximum absolute atomic E-state index is 11.4. The Morgan fingerprint density at radius 1 is 1.35 bits per heavy atom. The van der Waals surface area contributed by atoms with E-state index in [-0.39, 0.29) is 0 Å². The number of carboxylic acid groups (broad SMARTS) is 1. The molecule has 4 heteroatoms. The molecule has 0 saturated heterocycles. The summed E-state index contributed by atoms with van der Waals surface area (Å²) in [6.45, 7) is 4.22. The van der Waals surface area contributed by atoms with Crippen molar-refractivity contribution in [3.8, 4) is 0 Å². The fourth-order valence-electron chi connectivity index (χ4n) is 2.38. The topological polar surface area (TPSA) is 62.2 Å². The minimum absolute atomic E-state index is 0.497. The summed E-state index contributed by atoms with van der Waals surface area (Å²) < 4.78 is 0. The van der Waals surface area contributed by atoms with E-state index in [0.29, 0.717) is 13.0 Å². The van der Waals surface area contributed by atoms with Gasteiger partial charge in [0, 0.05) is 24.3 Å². The molecule has 2 aromatic rings. The summed E-state index contributed by atoms with van der Waals surface area (Å²) in [5.74, 6) is -0.812. The van der Waals surface area contributed by atoms with Crippen LogP contribution in [0.25, 0.3) is 10.8 Å². The molecule has 2 N–H and O–H groups in total. The van der Waals surface area contributed by atoms with E-state index in [9.17, 15) is 9.90 Å². The van der Waals surface area contributed by atoms with Gasteiger partial charge in [-0.05, 0) is 24.3 Å². The normalized spacial score (nSPS) is 14.1. The Kier molecular flexibility index (Phi) is 4.35. The zero-order valence-electron chi connectivity index (χ0n) is 11.9. The Morgan fingerprint density at radius 3 is 2.80 bits per heavy atom. The van der Waals surface area contributed by atoms with Crippen LogP contribution in [0.4, 0.5) is 0 Å². The second-order valence-electron chi connectivity index (χ2n) is 5.26. The molecule has 0 aliphatic rings. The van der Waals surface area contributed by atoms with E-state index in [1.807, 2.05) is 37.4 Å². The fraction of sp³-hybridized carbons (Fsp3) is 0.375. The van der Waals surface area contributed by atoms with Crippen LogP contribution in [0.1, 0.15) is 32.3 Å². The first-order valence-corrected chi connectivity index (χ1v) is 6.87. The number of benzene rings is 1. The van der Waals surface area contributed by atoms with Crippen molar-refractivity contribution in [2.45, 2.75) is 38.8 Å². The smallest absolute Gasteiger partial charge is 0.323 e. The number of rotatable bonds is 6. The molecule has 0 bridgehead atoms. The summed E-state index contributed by atoms with van der Waals surface area (Å²) in [6.07, 6.45) is 5.04. The number of aliphatic carboxylic acids is 1. The van der Waals surface area contributed by atoms with Crippen LogP contribution in [0.5, 0.6) is 0 Å². The summed E-state index contributed by atoms with van der Waals surface area (Å²) in [4.78, 5) is 15.6. The van der Waals surface area contributed by atoms with Gasteiger partial charge in [-0.3, -0.25) is 15.1 Å². The molecule has 2 rings (SSSR count). The number of pyridine rings is 1. The highest BCUT2D eigenvalue weighted by Crippen LogP contribution is 2.19. The lowest BCUT2D eigenvalue weighted by molar-refractivity contribution is -0.144. The molecule has 1 aromatic carbocycles. The Bertz CT molecular complexity index is 607. The minimum atomic E-state index is -0.897. The summed E-state index contributed by atoms with van der Waals surface area (Å²) in [5, 5.41) is 14.7. The highest BCUT2D eigenvalue weighted by atomic mass is 16.4. The molecule has 106 valence electrons. The van der Waals surface area contributed by atoms with Gasteiger partial charge in [0.25, 0.3) is 0 Å². The molecule has 0 aliphatic carbocycles. The van der Waals surface area contributed by atoms with Gasteiger partial charge in [0.15, 0.2) is 0 Å². The van der Waals surface area contributed by atoms with Crippen molar-refractivity contribution >= 4 is 16.7 Å². The number of carbonyl (C=O) groups is 1. The lowest BCUT2D eigenvalue weighted by atomic mass is 9.95. The standard InChI is InChI=1S/C16H20N2O2/c1-3-8-16(2,15(19)20)18-11-13-10-17-9-12-6-4-5-7-14(12)13/h4-7,9-10,18H,3,8,11H2,1-2H3,(H,19,20). The van der Waals surface area contributed by atoms with Gasteiger partial charge in [-0.15, -0.1) is 0 Å². The minimum Gasteiger partial charge on any atom is -0.480 e. The number of fused-ring (bicyclic) bond motifs is 1. The Balaban J connectivity index is 2.22. The highest BCUT2D eigenvalue weighted by Gasteiger charge is 2.31. The Labute approximate surface area is 118 Å². The van der Waals surface area contributed by atoms with Gasteiger partial charge in [0.05, 0.1) is 0 Å². The van der Waals surface area contributed by atoms with Crippen LogP contribution in [-0.2, 0) is 11.3 Å². The van der Waals surface area contributed by atoms with Crippen LogP contribution in [0.2, 0.25) is 0 Å². The monoisotopic (exact) mass is 272 g/mol. The molecule has 20 heavy (non-hydrogen) atoms. The second kappa shape index (κ2) is 6.01. The molecular formula is C16H20N2O2. The van der Waals surface area contributed by atoms with Gasteiger partial charge in [0.2, 0.25) is 0 Å². The van der Waals surface area contributed by atoms with E-state index in [0.717, 1.165) is 22.8 Å². The molecule has 1 heterocycles. The third-order valence-corrected chi connectivity index (χ3v) is 3.64. The van der Waals surface area contributed by atoms with Gasteiger partial charge in [0.1, 0.15) is 5.54 Å². The number of hydrogen-bond donors (Lipinski definition) is 2. The summed E-state index contributed by atoms with van der Waals surface area (Å²) in [5.41, 5.74) is 0.123. The predicted octanol–water partition coefficient (Wildman–Crippen LogP) is 2.97. The van der Waals surface area contributed by atoms with Gasteiger partial charge < -0.3 is 5.11 Å². The molecule has 4 nitrogen and oxygen atoms in total. The zero-order chi connectivity index (χ0) is 14.6. The van der Waals surface area contributed by atoms with Crippen molar-refractivity contribution in [3.63, 3.8) is 0 Å².